The van der Waals surface area contributed by atoms with E-state index in [9.17, 15) is 4.79 Å². The lowest BCUT2D eigenvalue weighted by Gasteiger charge is -2.32. The average Bonchev–Trinajstić information content (AvgIpc) is 2.37. The third kappa shape index (κ3) is 3.70. The molecule has 19 heavy (non-hydrogen) atoms. The summed E-state index contributed by atoms with van der Waals surface area (Å²) in [6.45, 7) is 7.24. The average molecular weight is 261 g/mol. The van der Waals surface area contributed by atoms with Gasteiger partial charge in [0.05, 0.1) is 0 Å². The first-order valence-corrected chi connectivity index (χ1v) is 6.99. The molecule has 1 amide bonds. The van der Waals surface area contributed by atoms with Crippen molar-refractivity contribution in [1.82, 2.24) is 10.2 Å². The minimum atomic E-state index is -0.0154. The van der Waals surface area contributed by atoms with E-state index in [2.05, 4.69) is 17.1 Å². The molecule has 1 aliphatic rings. The van der Waals surface area contributed by atoms with Gasteiger partial charge in [-0.15, -0.1) is 0 Å². The number of nitrogens with one attached hydrogen (secondary N) is 1. The Hall–Kier alpha value is -1.55. The van der Waals surface area contributed by atoms with Crippen LogP contribution in [0.5, 0.6) is 0 Å². The molecule has 0 spiro atoms. The van der Waals surface area contributed by atoms with Crippen molar-refractivity contribution in [3.63, 3.8) is 0 Å². The Morgan fingerprint density at radius 1 is 1.47 bits per heavy atom. The quantitative estimate of drug-likeness (QED) is 0.816. The van der Waals surface area contributed by atoms with E-state index >= 15 is 0 Å². The summed E-state index contributed by atoms with van der Waals surface area (Å²) in [5.74, 6) is -0.0154. The number of carbonyl (C=O) groups excluding carboxylic acids is 1. The van der Waals surface area contributed by atoms with Gasteiger partial charge >= 0.3 is 0 Å². The number of nitrogen functional groups attached to an aromatic ring is 1. The molecule has 1 aromatic rings. The van der Waals surface area contributed by atoms with Crippen LogP contribution >= 0.6 is 0 Å². The fraction of sp³-hybridized carbons (Fsp3) is 0.533. The van der Waals surface area contributed by atoms with Crippen LogP contribution in [0.4, 0.5) is 5.69 Å². The number of hydrogen-bond acceptors (Lipinski definition) is 3. The van der Waals surface area contributed by atoms with E-state index in [0.29, 0.717) is 11.3 Å². The number of rotatable bonds is 3. The van der Waals surface area contributed by atoms with Gasteiger partial charge in [-0.05, 0) is 56.6 Å². The van der Waals surface area contributed by atoms with Crippen LogP contribution in [0, 0.1) is 6.92 Å². The fourth-order valence-corrected chi connectivity index (χ4v) is 2.67. The van der Waals surface area contributed by atoms with Crippen LogP contribution < -0.4 is 11.1 Å². The fourth-order valence-electron chi connectivity index (χ4n) is 2.67. The highest BCUT2D eigenvalue weighted by molar-refractivity contribution is 5.95. The molecule has 0 aliphatic carbocycles. The molecular weight excluding hydrogens is 238 g/mol. The Morgan fingerprint density at radius 3 is 2.95 bits per heavy atom. The third-order valence-electron chi connectivity index (χ3n) is 3.65. The van der Waals surface area contributed by atoms with Crippen LogP contribution in [0.1, 0.15) is 35.7 Å². The number of aryl methyl sites for hydroxylation is 1. The Bertz CT molecular complexity index is 438. The van der Waals surface area contributed by atoms with E-state index in [1.165, 1.54) is 0 Å². The van der Waals surface area contributed by atoms with E-state index in [-0.39, 0.29) is 11.9 Å². The number of anilines is 1. The van der Waals surface area contributed by atoms with Gasteiger partial charge in [0, 0.05) is 23.8 Å². The number of amides is 1. The monoisotopic (exact) mass is 261 g/mol. The first-order valence-electron chi connectivity index (χ1n) is 6.99. The van der Waals surface area contributed by atoms with Crippen molar-refractivity contribution in [2.24, 2.45) is 0 Å². The van der Waals surface area contributed by atoms with Crippen molar-refractivity contribution in [3.05, 3.63) is 29.3 Å². The van der Waals surface area contributed by atoms with Crippen LogP contribution in [-0.2, 0) is 0 Å². The molecule has 0 bridgehead atoms. The predicted octanol–water partition coefficient (Wildman–Crippen LogP) is 1.79. The van der Waals surface area contributed by atoms with Crippen molar-refractivity contribution < 1.29 is 4.79 Å². The molecule has 0 aromatic heterocycles. The predicted molar refractivity (Wildman–Crippen MR) is 78.2 cm³/mol. The van der Waals surface area contributed by atoms with E-state index in [0.717, 1.165) is 38.0 Å². The third-order valence-corrected chi connectivity index (χ3v) is 3.65. The van der Waals surface area contributed by atoms with Gasteiger partial charge in [-0.3, -0.25) is 4.79 Å². The maximum absolute atomic E-state index is 12.2. The zero-order chi connectivity index (χ0) is 13.8. The molecule has 104 valence electrons. The number of benzene rings is 1. The summed E-state index contributed by atoms with van der Waals surface area (Å²) in [6.07, 6.45) is 2.21. The van der Waals surface area contributed by atoms with Gasteiger partial charge in [0.25, 0.3) is 5.91 Å². The maximum atomic E-state index is 12.2. The number of carbonyl (C=O) groups is 1. The second-order valence-corrected chi connectivity index (χ2v) is 5.34. The molecule has 1 fully saturated rings. The summed E-state index contributed by atoms with van der Waals surface area (Å²) in [4.78, 5) is 14.6. The van der Waals surface area contributed by atoms with Crippen molar-refractivity contribution in [2.75, 3.05) is 25.4 Å². The van der Waals surface area contributed by atoms with Crippen molar-refractivity contribution in [1.29, 1.82) is 0 Å². The molecule has 1 atom stereocenters. The molecule has 1 aromatic carbocycles. The van der Waals surface area contributed by atoms with Crippen LogP contribution in [0.25, 0.3) is 0 Å². The number of nitrogens with zero attached hydrogens (tertiary/aromatic N) is 1. The summed E-state index contributed by atoms with van der Waals surface area (Å²) < 4.78 is 0. The Morgan fingerprint density at radius 2 is 2.26 bits per heavy atom. The molecule has 4 heteroatoms. The van der Waals surface area contributed by atoms with E-state index in [4.69, 9.17) is 5.73 Å². The van der Waals surface area contributed by atoms with Gasteiger partial charge in [0.15, 0.2) is 0 Å². The van der Waals surface area contributed by atoms with Crippen molar-refractivity contribution in [3.8, 4) is 0 Å². The standard InChI is InChI=1S/C15H23N3O/c1-3-18-6-4-5-14(10-18)17-15(19)12-7-11(2)8-13(16)9-12/h7-9,14H,3-6,10,16H2,1-2H3,(H,17,19). The van der Waals surface area contributed by atoms with Gasteiger partial charge in [-0.2, -0.15) is 0 Å². The number of hydrogen-bond donors (Lipinski definition) is 2. The Balaban J connectivity index is 2.00. The summed E-state index contributed by atoms with van der Waals surface area (Å²) in [5, 5.41) is 3.12. The van der Waals surface area contributed by atoms with E-state index in [1.807, 2.05) is 19.1 Å². The van der Waals surface area contributed by atoms with E-state index < -0.39 is 0 Å². The smallest absolute Gasteiger partial charge is 0.251 e. The zero-order valence-corrected chi connectivity index (χ0v) is 11.8. The molecule has 0 saturated carbocycles. The van der Waals surface area contributed by atoms with Crippen molar-refractivity contribution >= 4 is 11.6 Å². The van der Waals surface area contributed by atoms with Gasteiger partial charge < -0.3 is 16.0 Å². The summed E-state index contributed by atoms with van der Waals surface area (Å²) >= 11 is 0. The summed E-state index contributed by atoms with van der Waals surface area (Å²) in [7, 11) is 0. The molecule has 1 aliphatic heterocycles. The van der Waals surface area contributed by atoms with Gasteiger partial charge in [-0.25, -0.2) is 0 Å². The highest BCUT2D eigenvalue weighted by Gasteiger charge is 2.20. The zero-order valence-electron chi connectivity index (χ0n) is 11.8. The molecular formula is C15H23N3O. The summed E-state index contributed by atoms with van der Waals surface area (Å²) in [5.41, 5.74) is 8.10. The first kappa shape index (κ1) is 13.9. The van der Waals surface area contributed by atoms with Crippen molar-refractivity contribution in [2.45, 2.75) is 32.7 Å². The highest BCUT2D eigenvalue weighted by Crippen LogP contribution is 2.13. The lowest BCUT2D eigenvalue weighted by Crippen LogP contribution is -2.47. The Kier molecular flexibility index (Phi) is 4.43. The minimum absolute atomic E-state index is 0.0154. The molecule has 0 radical (unpaired) electrons. The largest absolute Gasteiger partial charge is 0.399 e. The number of likely N-dealkylation sites (tertiary alicyclic amines) is 1. The van der Waals surface area contributed by atoms with Crippen LogP contribution in [0.2, 0.25) is 0 Å². The summed E-state index contributed by atoms with van der Waals surface area (Å²) in [6, 6.07) is 5.74. The lowest BCUT2D eigenvalue weighted by molar-refractivity contribution is 0.0906. The topological polar surface area (TPSA) is 58.4 Å². The van der Waals surface area contributed by atoms with Crippen LogP contribution in [-0.4, -0.2) is 36.5 Å². The second kappa shape index (κ2) is 6.06. The number of nitrogens with two attached hydrogens (primary N) is 1. The lowest BCUT2D eigenvalue weighted by atomic mass is 10.0. The Labute approximate surface area is 115 Å². The van der Waals surface area contributed by atoms with Crippen LogP contribution in [0.15, 0.2) is 18.2 Å². The van der Waals surface area contributed by atoms with Gasteiger partial charge in [0.1, 0.15) is 0 Å². The van der Waals surface area contributed by atoms with Gasteiger partial charge in [0.2, 0.25) is 0 Å². The second-order valence-electron chi connectivity index (χ2n) is 5.34. The normalized spacial score (nSPS) is 20.2. The molecule has 1 saturated heterocycles. The molecule has 1 heterocycles. The number of piperidine rings is 1. The number of likely N-dealkylation sites (N-methyl/N-ethyl adjacent to an activating group) is 1. The van der Waals surface area contributed by atoms with Crippen LogP contribution in [0.3, 0.4) is 0 Å². The molecule has 1 unspecified atom stereocenters. The molecule has 3 N–H and O–H groups in total. The molecule has 4 nitrogen and oxygen atoms in total. The molecule has 2 rings (SSSR count). The maximum Gasteiger partial charge on any atom is 0.251 e. The first-order chi connectivity index (χ1) is 9.08. The SMILES string of the molecule is CCN1CCCC(NC(=O)c2cc(C)cc(N)c2)C1. The minimum Gasteiger partial charge on any atom is -0.399 e. The van der Waals surface area contributed by atoms with E-state index in [1.54, 1.807) is 6.07 Å². The van der Waals surface area contributed by atoms with Gasteiger partial charge in [-0.1, -0.05) is 6.92 Å². The highest BCUT2D eigenvalue weighted by atomic mass is 16.1.